The minimum Gasteiger partial charge on any atom is -0.297 e. The van der Waals surface area contributed by atoms with Crippen LogP contribution in [0.3, 0.4) is 0 Å². The average molecular weight is 233 g/mol. The maximum Gasteiger partial charge on any atom is 0.155 e. The van der Waals surface area contributed by atoms with E-state index in [1.807, 2.05) is 13.0 Å². The van der Waals surface area contributed by atoms with E-state index in [9.17, 15) is 4.79 Å². The van der Waals surface area contributed by atoms with Crippen LogP contribution >= 0.6 is 0 Å². The van der Waals surface area contributed by atoms with Crippen molar-refractivity contribution in [1.29, 1.82) is 0 Å². The van der Waals surface area contributed by atoms with Crippen LogP contribution in [-0.2, 0) is 10.3 Å². The monoisotopic (exact) mass is 233 g/mol. The molecule has 0 radical (unpaired) electrons. The number of aromatic nitrogens is 2. The molecule has 1 aliphatic heterocycles. The summed E-state index contributed by atoms with van der Waals surface area (Å²) in [5.41, 5.74) is 0.213. The zero-order valence-corrected chi connectivity index (χ0v) is 10.5. The standard InChI is InChI=1S/C13H19N3O/c1-11(17)13(2,12-6-7-14-10-15-12)16-8-4-3-5-9-16/h6-7,10H,3-5,8-9H2,1-2H3. The van der Waals surface area contributed by atoms with E-state index >= 15 is 0 Å². The summed E-state index contributed by atoms with van der Waals surface area (Å²) in [6.07, 6.45) is 6.80. The number of nitrogens with zero attached hydrogens (tertiary/aromatic N) is 3. The van der Waals surface area contributed by atoms with Crippen LogP contribution in [0.4, 0.5) is 0 Å². The number of hydrogen-bond acceptors (Lipinski definition) is 4. The van der Waals surface area contributed by atoms with Gasteiger partial charge in [-0.25, -0.2) is 9.97 Å². The van der Waals surface area contributed by atoms with Crippen molar-refractivity contribution in [2.24, 2.45) is 0 Å². The van der Waals surface area contributed by atoms with Crippen molar-refractivity contribution in [1.82, 2.24) is 14.9 Å². The van der Waals surface area contributed by atoms with Crippen LogP contribution in [0.5, 0.6) is 0 Å². The molecule has 1 saturated heterocycles. The predicted octanol–water partition coefficient (Wildman–Crippen LogP) is 1.77. The molecule has 1 fully saturated rings. The summed E-state index contributed by atoms with van der Waals surface area (Å²) >= 11 is 0. The van der Waals surface area contributed by atoms with Gasteiger partial charge in [0.1, 0.15) is 11.9 Å². The fourth-order valence-corrected chi connectivity index (χ4v) is 2.48. The molecule has 1 aromatic heterocycles. The summed E-state index contributed by atoms with van der Waals surface area (Å²) in [6.45, 7) is 5.57. The van der Waals surface area contributed by atoms with Gasteiger partial charge in [-0.05, 0) is 45.8 Å². The lowest BCUT2D eigenvalue weighted by Gasteiger charge is -2.41. The van der Waals surface area contributed by atoms with Gasteiger partial charge in [-0.2, -0.15) is 0 Å². The Bertz CT molecular complexity index is 387. The van der Waals surface area contributed by atoms with Gasteiger partial charge in [-0.15, -0.1) is 0 Å². The second kappa shape index (κ2) is 4.92. The normalized spacial score (nSPS) is 20.8. The van der Waals surface area contributed by atoms with E-state index in [1.165, 1.54) is 12.7 Å². The summed E-state index contributed by atoms with van der Waals surface area (Å²) in [5.74, 6) is 0.151. The fourth-order valence-electron chi connectivity index (χ4n) is 2.48. The van der Waals surface area contributed by atoms with Gasteiger partial charge in [-0.3, -0.25) is 9.69 Å². The van der Waals surface area contributed by atoms with Gasteiger partial charge in [0.25, 0.3) is 0 Å². The van der Waals surface area contributed by atoms with Gasteiger partial charge in [0.15, 0.2) is 5.78 Å². The summed E-state index contributed by atoms with van der Waals surface area (Å²) in [7, 11) is 0. The van der Waals surface area contributed by atoms with Gasteiger partial charge in [0.05, 0.1) is 5.69 Å². The van der Waals surface area contributed by atoms with Gasteiger partial charge >= 0.3 is 0 Å². The molecule has 0 spiro atoms. The molecule has 2 rings (SSSR count). The Morgan fingerprint density at radius 2 is 2.06 bits per heavy atom. The lowest BCUT2D eigenvalue weighted by Crippen LogP contribution is -2.51. The third-order valence-corrected chi connectivity index (χ3v) is 3.75. The lowest BCUT2D eigenvalue weighted by atomic mass is 9.88. The zero-order valence-electron chi connectivity index (χ0n) is 10.5. The highest BCUT2D eigenvalue weighted by molar-refractivity contribution is 5.86. The highest BCUT2D eigenvalue weighted by Gasteiger charge is 2.39. The second-order valence-electron chi connectivity index (χ2n) is 4.77. The Balaban J connectivity index is 2.35. The SMILES string of the molecule is CC(=O)C(C)(c1ccncn1)N1CCCCC1. The van der Waals surface area contributed by atoms with E-state index in [0.717, 1.165) is 31.6 Å². The first-order valence-electron chi connectivity index (χ1n) is 6.18. The third kappa shape index (κ3) is 2.22. The number of likely N-dealkylation sites (tertiary alicyclic amines) is 1. The van der Waals surface area contributed by atoms with Gasteiger partial charge in [-0.1, -0.05) is 6.42 Å². The summed E-state index contributed by atoms with van der Waals surface area (Å²) in [4.78, 5) is 22.5. The molecule has 0 saturated carbocycles. The van der Waals surface area contributed by atoms with Crippen LogP contribution in [0.2, 0.25) is 0 Å². The van der Waals surface area contributed by atoms with E-state index in [-0.39, 0.29) is 5.78 Å². The molecule has 2 heterocycles. The number of carbonyl (C=O) groups is 1. The Kier molecular flexibility index (Phi) is 3.52. The van der Waals surface area contributed by atoms with Crippen molar-refractivity contribution in [3.05, 3.63) is 24.3 Å². The third-order valence-electron chi connectivity index (χ3n) is 3.75. The first-order chi connectivity index (χ1) is 8.15. The van der Waals surface area contributed by atoms with Crippen LogP contribution in [0.1, 0.15) is 38.8 Å². The van der Waals surface area contributed by atoms with Crippen molar-refractivity contribution >= 4 is 5.78 Å². The Morgan fingerprint density at radius 1 is 1.35 bits per heavy atom. The Labute approximate surface area is 102 Å². The van der Waals surface area contributed by atoms with Crippen molar-refractivity contribution in [2.75, 3.05) is 13.1 Å². The quantitative estimate of drug-likeness (QED) is 0.798. The minimum atomic E-state index is -0.594. The largest absolute Gasteiger partial charge is 0.297 e. The minimum absolute atomic E-state index is 0.151. The molecule has 1 atom stereocenters. The van der Waals surface area contributed by atoms with E-state index in [2.05, 4.69) is 14.9 Å². The highest BCUT2D eigenvalue weighted by Crippen LogP contribution is 2.30. The van der Waals surface area contributed by atoms with Gasteiger partial charge in [0, 0.05) is 6.20 Å². The number of rotatable bonds is 3. The molecule has 0 amide bonds. The molecule has 0 aromatic carbocycles. The van der Waals surface area contributed by atoms with E-state index < -0.39 is 5.54 Å². The van der Waals surface area contributed by atoms with E-state index in [0.29, 0.717) is 0 Å². The average Bonchev–Trinajstić information content (AvgIpc) is 2.39. The molecular weight excluding hydrogens is 214 g/mol. The highest BCUT2D eigenvalue weighted by atomic mass is 16.1. The molecule has 0 N–H and O–H groups in total. The van der Waals surface area contributed by atoms with Crippen LogP contribution in [0.15, 0.2) is 18.6 Å². The molecule has 1 aromatic rings. The number of Topliss-reactive ketones (excluding diaryl/α,β-unsaturated/α-hetero) is 1. The molecule has 4 heteroatoms. The van der Waals surface area contributed by atoms with Crippen molar-refractivity contribution in [2.45, 2.75) is 38.6 Å². The number of carbonyl (C=O) groups excluding carboxylic acids is 1. The second-order valence-corrected chi connectivity index (χ2v) is 4.77. The van der Waals surface area contributed by atoms with E-state index in [1.54, 1.807) is 13.1 Å². The molecule has 17 heavy (non-hydrogen) atoms. The van der Waals surface area contributed by atoms with Crippen molar-refractivity contribution < 1.29 is 4.79 Å². The smallest absolute Gasteiger partial charge is 0.155 e. The van der Waals surface area contributed by atoms with Crippen LogP contribution < -0.4 is 0 Å². The Hall–Kier alpha value is -1.29. The maximum absolute atomic E-state index is 12.1. The number of piperidine rings is 1. The Morgan fingerprint density at radius 3 is 2.59 bits per heavy atom. The summed E-state index contributed by atoms with van der Waals surface area (Å²) in [5, 5.41) is 0. The molecule has 4 nitrogen and oxygen atoms in total. The fraction of sp³-hybridized carbons (Fsp3) is 0.615. The first-order valence-corrected chi connectivity index (χ1v) is 6.18. The predicted molar refractivity (Wildman–Crippen MR) is 65.5 cm³/mol. The molecule has 1 unspecified atom stereocenters. The summed E-state index contributed by atoms with van der Waals surface area (Å²) < 4.78 is 0. The summed E-state index contributed by atoms with van der Waals surface area (Å²) in [6, 6.07) is 1.84. The number of ketones is 1. The topological polar surface area (TPSA) is 46.1 Å². The molecule has 0 aliphatic carbocycles. The van der Waals surface area contributed by atoms with Crippen LogP contribution in [0.25, 0.3) is 0 Å². The maximum atomic E-state index is 12.1. The first kappa shape index (κ1) is 12.2. The molecule has 92 valence electrons. The van der Waals surface area contributed by atoms with Gasteiger partial charge < -0.3 is 0 Å². The number of hydrogen-bond donors (Lipinski definition) is 0. The van der Waals surface area contributed by atoms with Gasteiger partial charge in [0.2, 0.25) is 0 Å². The van der Waals surface area contributed by atoms with E-state index in [4.69, 9.17) is 0 Å². The van der Waals surface area contributed by atoms with Crippen LogP contribution in [-0.4, -0.2) is 33.7 Å². The van der Waals surface area contributed by atoms with Crippen LogP contribution in [0, 0.1) is 0 Å². The van der Waals surface area contributed by atoms with Crippen molar-refractivity contribution in [3.8, 4) is 0 Å². The zero-order chi connectivity index (χ0) is 12.3. The molecule has 1 aliphatic rings. The molecule has 0 bridgehead atoms. The van der Waals surface area contributed by atoms with Crippen molar-refractivity contribution in [3.63, 3.8) is 0 Å². The lowest BCUT2D eigenvalue weighted by molar-refractivity contribution is -0.129. The molecular formula is C13H19N3O.